The van der Waals surface area contributed by atoms with Crippen LogP contribution in [0.5, 0.6) is 0 Å². The van der Waals surface area contributed by atoms with Gasteiger partial charge in [-0.25, -0.2) is 9.78 Å². The van der Waals surface area contributed by atoms with Crippen molar-refractivity contribution in [1.82, 2.24) is 25.9 Å². The summed E-state index contributed by atoms with van der Waals surface area (Å²) in [4.78, 5) is 73.3. The number of carbonyl (C=O) groups excluding carboxylic acids is 4. The zero-order valence-electron chi connectivity index (χ0n) is 23.0. The van der Waals surface area contributed by atoms with Crippen LogP contribution in [-0.4, -0.2) is 81.3 Å². The number of nitrogens with one attached hydrogen (secondary N) is 4. The van der Waals surface area contributed by atoms with E-state index >= 15 is 0 Å². The largest absolute Gasteiger partial charge is 0.480 e. The molecule has 0 spiro atoms. The van der Waals surface area contributed by atoms with Gasteiger partial charge in [0.2, 0.25) is 23.6 Å². The monoisotopic (exact) mass is 586 g/mol. The van der Waals surface area contributed by atoms with E-state index in [1.807, 2.05) is 0 Å². The highest BCUT2D eigenvalue weighted by molar-refractivity contribution is 5.94. The number of imidazole rings is 1. The lowest BCUT2D eigenvalue weighted by Gasteiger charge is -2.25. The smallest absolute Gasteiger partial charge is 0.326 e. The first-order valence-electron chi connectivity index (χ1n) is 13.2. The van der Waals surface area contributed by atoms with Crippen LogP contribution in [0.3, 0.4) is 0 Å². The minimum Gasteiger partial charge on any atom is -0.480 e. The number of aromatic nitrogens is 2. The molecule has 1 aromatic carbocycles. The Morgan fingerprint density at radius 1 is 0.881 bits per heavy atom. The summed E-state index contributed by atoms with van der Waals surface area (Å²) in [5.74, 6) is -4.40. The maximum absolute atomic E-state index is 13.3. The molecule has 42 heavy (non-hydrogen) atoms. The Labute approximate surface area is 242 Å². The van der Waals surface area contributed by atoms with Gasteiger partial charge in [-0.05, 0) is 24.8 Å². The van der Waals surface area contributed by atoms with Crippen molar-refractivity contribution in [2.45, 2.75) is 62.7 Å². The fraction of sp³-hybridized carbons (Fsp3) is 0.423. The Kier molecular flexibility index (Phi) is 13.4. The molecule has 0 saturated heterocycles. The van der Waals surface area contributed by atoms with Crippen molar-refractivity contribution < 1.29 is 29.1 Å². The van der Waals surface area contributed by atoms with E-state index in [4.69, 9.17) is 22.9 Å². The Bertz CT molecular complexity index is 1220. The molecule has 13 N–H and O–H groups in total. The number of carboxylic acids is 1. The van der Waals surface area contributed by atoms with Gasteiger partial charge < -0.3 is 49.0 Å². The molecule has 1 heterocycles. The van der Waals surface area contributed by atoms with Gasteiger partial charge >= 0.3 is 5.97 Å². The number of nitrogens with two attached hydrogens (primary N) is 4. The van der Waals surface area contributed by atoms with Gasteiger partial charge in [0, 0.05) is 37.7 Å². The second-order valence-corrected chi connectivity index (χ2v) is 9.55. The number of hydrogen-bond donors (Lipinski definition) is 9. The minimum absolute atomic E-state index is 0.0178. The predicted octanol–water partition coefficient (Wildman–Crippen LogP) is -2.62. The molecule has 2 aromatic rings. The van der Waals surface area contributed by atoms with Crippen molar-refractivity contribution in [3.63, 3.8) is 0 Å². The zero-order chi connectivity index (χ0) is 31.1. The summed E-state index contributed by atoms with van der Waals surface area (Å²) in [6.07, 6.45) is 2.92. The number of rotatable bonds is 18. The van der Waals surface area contributed by atoms with Crippen LogP contribution in [0, 0.1) is 0 Å². The molecule has 16 heteroatoms. The fourth-order valence-corrected chi connectivity index (χ4v) is 3.93. The number of aliphatic imine (C=N–C) groups is 1. The van der Waals surface area contributed by atoms with Crippen molar-refractivity contribution >= 4 is 35.6 Å². The normalized spacial score (nSPS) is 13.5. The summed E-state index contributed by atoms with van der Waals surface area (Å²) in [6, 6.07) is 3.81. The molecule has 4 amide bonds. The van der Waals surface area contributed by atoms with Crippen molar-refractivity contribution in [2.24, 2.45) is 27.9 Å². The van der Waals surface area contributed by atoms with Gasteiger partial charge in [0.1, 0.15) is 18.1 Å². The first kappa shape index (κ1) is 33.2. The standard InChI is InChI=1S/C26H38N10O6/c27-17(12-16-13-31-14-33-16)22(38)34-18(7-4-10-32-26(29)30)23(39)35-19(8-9-21(28)37)24(40)36-20(25(41)42)11-15-5-2-1-3-6-15/h1-3,5-6,13-14,17-20H,4,7-12,27H2,(H2,28,37)(H,31,33)(H,34,38)(H,35,39)(H,36,40)(H,41,42)(H4,29,30,32). The number of aromatic amines is 1. The molecule has 2 rings (SSSR count). The van der Waals surface area contributed by atoms with Crippen LogP contribution in [0.25, 0.3) is 0 Å². The molecule has 0 radical (unpaired) electrons. The van der Waals surface area contributed by atoms with Crippen LogP contribution in [0.15, 0.2) is 47.8 Å². The van der Waals surface area contributed by atoms with Crippen LogP contribution in [0.1, 0.15) is 36.9 Å². The average Bonchev–Trinajstić information content (AvgIpc) is 3.45. The maximum atomic E-state index is 13.3. The molecule has 0 fully saturated rings. The van der Waals surface area contributed by atoms with Crippen LogP contribution >= 0.6 is 0 Å². The van der Waals surface area contributed by atoms with Gasteiger partial charge in [0.25, 0.3) is 0 Å². The fourth-order valence-electron chi connectivity index (χ4n) is 3.93. The predicted molar refractivity (Wildman–Crippen MR) is 152 cm³/mol. The van der Waals surface area contributed by atoms with E-state index in [1.54, 1.807) is 30.3 Å². The Hall–Kier alpha value is -4.99. The number of hydrogen-bond acceptors (Lipinski definition) is 8. The number of carboxylic acid groups (broad SMARTS) is 1. The molecular formula is C26H38N10O6. The lowest BCUT2D eigenvalue weighted by atomic mass is 10.0. The van der Waals surface area contributed by atoms with Crippen molar-refractivity contribution in [3.05, 3.63) is 54.1 Å². The first-order chi connectivity index (χ1) is 20.0. The minimum atomic E-state index is -1.33. The molecule has 0 aliphatic rings. The van der Waals surface area contributed by atoms with E-state index in [0.29, 0.717) is 11.3 Å². The number of primary amides is 1. The molecule has 4 unspecified atom stereocenters. The van der Waals surface area contributed by atoms with Crippen LogP contribution in [-0.2, 0) is 36.8 Å². The molecule has 0 saturated carbocycles. The Balaban J connectivity index is 2.17. The summed E-state index contributed by atoms with van der Waals surface area (Å²) >= 11 is 0. The lowest BCUT2D eigenvalue weighted by molar-refractivity contribution is -0.142. The van der Waals surface area contributed by atoms with E-state index in [0.717, 1.165) is 0 Å². The Morgan fingerprint density at radius 2 is 1.50 bits per heavy atom. The third-order valence-electron chi connectivity index (χ3n) is 6.12. The van der Waals surface area contributed by atoms with Crippen LogP contribution < -0.4 is 38.9 Å². The molecule has 16 nitrogen and oxygen atoms in total. The number of aliphatic carboxylic acids is 1. The molecule has 228 valence electrons. The summed E-state index contributed by atoms with van der Waals surface area (Å²) < 4.78 is 0. The van der Waals surface area contributed by atoms with Gasteiger partial charge in [0.15, 0.2) is 5.96 Å². The van der Waals surface area contributed by atoms with Crippen LogP contribution in [0.4, 0.5) is 0 Å². The van der Waals surface area contributed by atoms with Gasteiger partial charge in [-0.3, -0.25) is 24.2 Å². The van der Waals surface area contributed by atoms with Gasteiger partial charge in [-0.2, -0.15) is 0 Å². The van der Waals surface area contributed by atoms with Crippen molar-refractivity contribution in [3.8, 4) is 0 Å². The van der Waals surface area contributed by atoms with Gasteiger partial charge in [-0.15, -0.1) is 0 Å². The second-order valence-electron chi connectivity index (χ2n) is 9.55. The molecular weight excluding hydrogens is 548 g/mol. The summed E-state index contributed by atoms with van der Waals surface area (Å²) in [7, 11) is 0. The molecule has 0 aliphatic heterocycles. The van der Waals surface area contributed by atoms with E-state index in [9.17, 15) is 29.1 Å². The van der Waals surface area contributed by atoms with Gasteiger partial charge in [-0.1, -0.05) is 30.3 Å². The maximum Gasteiger partial charge on any atom is 0.326 e. The van der Waals surface area contributed by atoms with E-state index in [2.05, 4.69) is 30.9 Å². The lowest BCUT2D eigenvalue weighted by Crippen LogP contribution is -2.57. The summed E-state index contributed by atoms with van der Waals surface area (Å²) in [5.41, 5.74) is 23.2. The highest BCUT2D eigenvalue weighted by Gasteiger charge is 2.30. The third kappa shape index (κ3) is 12.0. The number of H-pyrrole nitrogens is 1. The first-order valence-corrected chi connectivity index (χ1v) is 13.2. The third-order valence-corrected chi connectivity index (χ3v) is 6.12. The van der Waals surface area contributed by atoms with E-state index < -0.39 is 53.8 Å². The van der Waals surface area contributed by atoms with Crippen molar-refractivity contribution in [1.29, 1.82) is 0 Å². The van der Waals surface area contributed by atoms with Gasteiger partial charge in [0.05, 0.1) is 12.4 Å². The molecule has 1 aromatic heterocycles. The SMILES string of the molecule is NC(=O)CCC(NC(=O)C(CCCN=C(N)N)NC(=O)C(N)Cc1cnc[nH]1)C(=O)NC(Cc1ccccc1)C(=O)O. The quantitative estimate of drug-likeness (QED) is 0.0498. The highest BCUT2D eigenvalue weighted by atomic mass is 16.4. The number of benzene rings is 1. The topological polar surface area (TPSA) is 287 Å². The Morgan fingerprint density at radius 3 is 2.07 bits per heavy atom. The highest BCUT2D eigenvalue weighted by Crippen LogP contribution is 2.07. The van der Waals surface area contributed by atoms with E-state index in [-0.39, 0.29) is 51.0 Å². The average molecular weight is 587 g/mol. The number of nitrogens with zero attached hydrogens (tertiary/aromatic N) is 2. The van der Waals surface area contributed by atoms with Crippen molar-refractivity contribution in [2.75, 3.05) is 6.54 Å². The number of carbonyl (C=O) groups is 5. The molecule has 0 bridgehead atoms. The number of guanidine groups is 1. The van der Waals surface area contributed by atoms with E-state index in [1.165, 1.54) is 12.5 Å². The molecule has 0 aliphatic carbocycles. The summed E-state index contributed by atoms with van der Waals surface area (Å²) in [5, 5.41) is 17.2. The number of amides is 4. The molecule has 4 atom stereocenters. The van der Waals surface area contributed by atoms with Crippen LogP contribution in [0.2, 0.25) is 0 Å². The zero-order valence-corrected chi connectivity index (χ0v) is 23.0. The summed E-state index contributed by atoms with van der Waals surface area (Å²) in [6.45, 7) is 0.160. The second kappa shape index (κ2) is 17.0.